The summed E-state index contributed by atoms with van der Waals surface area (Å²) in [5, 5.41) is 0.304. The summed E-state index contributed by atoms with van der Waals surface area (Å²) in [6.45, 7) is 2.07. The fourth-order valence-corrected chi connectivity index (χ4v) is 1.46. The zero-order valence-corrected chi connectivity index (χ0v) is 6.62. The van der Waals surface area contributed by atoms with Gasteiger partial charge >= 0.3 is 0 Å². The van der Waals surface area contributed by atoms with Crippen LogP contribution >= 0.6 is 11.6 Å². The van der Waals surface area contributed by atoms with Crippen LogP contribution in [-0.4, -0.2) is 5.38 Å². The van der Waals surface area contributed by atoms with Crippen molar-refractivity contribution in [2.24, 2.45) is 0 Å². The summed E-state index contributed by atoms with van der Waals surface area (Å²) in [6, 6.07) is 0. The Labute approximate surface area is 62.6 Å². The SMILES string of the molecule is CC(Cl)[C]1CC[CH]CC1. The highest BCUT2D eigenvalue weighted by atomic mass is 35.5. The topological polar surface area (TPSA) is 0 Å². The Morgan fingerprint density at radius 2 is 2.00 bits per heavy atom. The van der Waals surface area contributed by atoms with Crippen molar-refractivity contribution in [3.05, 3.63) is 12.3 Å². The lowest BCUT2D eigenvalue weighted by atomic mass is 9.87. The van der Waals surface area contributed by atoms with Crippen LogP contribution in [0.1, 0.15) is 32.6 Å². The standard InChI is InChI=1S/C8H13Cl/c1-7(9)8-5-3-2-4-6-8/h2,7H,3-6H2,1H3. The highest BCUT2D eigenvalue weighted by molar-refractivity contribution is 6.21. The third-order valence-corrected chi connectivity index (χ3v) is 2.21. The molecule has 0 aromatic heterocycles. The van der Waals surface area contributed by atoms with E-state index in [4.69, 9.17) is 11.6 Å². The first kappa shape index (κ1) is 7.40. The van der Waals surface area contributed by atoms with Crippen molar-refractivity contribution in [2.75, 3.05) is 0 Å². The van der Waals surface area contributed by atoms with Crippen molar-refractivity contribution < 1.29 is 0 Å². The van der Waals surface area contributed by atoms with Crippen molar-refractivity contribution in [1.82, 2.24) is 0 Å². The average Bonchev–Trinajstić information content (AvgIpc) is 1.90. The molecule has 1 atom stereocenters. The predicted octanol–water partition coefficient (Wildman–Crippen LogP) is 2.97. The molecule has 1 unspecified atom stereocenters. The Morgan fingerprint density at radius 1 is 1.44 bits per heavy atom. The van der Waals surface area contributed by atoms with Gasteiger partial charge in [0.2, 0.25) is 0 Å². The van der Waals surface area contributed by atoms with Crippen LogP contribution in [0.2, 0.25) is 0 Å². The first-order chi connectivity index (χ1) is 4.30. The quantitative estimate of drug-likeness (QED) is 0.497. The predicted molar refractivity (Wildman–Crippen MR) is 41.3 cm³/mol. The molecule has 2 radical (unpaired) electrons. The third kappa shape index (κ3) is 2.17. The van der Waals surface area contributed by atoms with Crippen molar-refractivity contribution in [3.8, 4) is 0 Å². The second kappa shape index (κ2) is 3.46. The van der Waals surface area contributed by atoms with Gasteiger partial charge in [-0.3, -0.25) is 0 Å². The largest absolute Gasteiger partial charge is 0.123 e. The molecule has 1 rings (SSSR count). The van der Waals surface area contributed by atoms with Crippen LogP contribution in [-0.2, 0) is 0 Å². The highest BCUT2D eigenvalue weighted by Gasteiger charge is 2.18. The maximum absolute atomic E-state index is 5.91. The number of halogens is 1. The van der Waals surface area contributed by atoms with E-state index >= 15 is 0 Å². The number of hydrogen-bond acceptors (Lipinski definition) is 0. The van der Waals surface area contributed by atoms with Gasteiger partial charge in [-0.2, -0.15) is 0 Å². The minimum atomic E-state index is 0.304. The van der Waals surface area contributed by atoms with Gasteiger partial charge in [0.15, 0.2) is 0 Å². The number of rotatable bonds is 1. The third-order valence-electron chi connectivity index (χ3n) is 1.90. The van der Waals surface area contributed by atoms with E-state index in [0.29, 0.717) is 5.38 Å². The summed E-state index contributed by atoms with van der Waals surface area (Å²) in [5.41, 5.74) is 0. The molecule has 0 bridgehead atoms. The molecule has 0 aromatic rings. The fourth-order valence-electron chi connectivity index (χ4n) is 1.24. The van der Waals surface area contributed by atoms with Crippen LogP contribution in [0.25, 0.3) is 0 Å². The first-order valence-electron chi connectivity index (χ1n) is 3.61. The molecule has 0 aromatic carbocycles. The van der Waals surface area contributed by atoms with E-state index in [1.165, 1.54) is 25.7 Å². The van der Waals surface area contributed by atoms with Gasteiger partial charge < -0.3 is 0 Å². The number of alkyl halides is 1. The van der Waals surface area contributed by atoms with Crippen molar-refractivity contribution >= 4 is 11.6 Å². The van der Waals surface area contributed by atoms with Crippen molar-refractivity contribution in [2.45, 2.75) is 38.0 Å². The van der Waals surface area contributed by atoms with E-state index in [2.05, 4.69) is 13.3 Å². The van der Waals surface area contributed by atoms with Gasteiger partial charge in [-0.15, -0.1) is 11.6 Å². The van der Waals surface area contributed by atoms with Gasteiger partial charge in [0.25, 0.3) is 0 Å². The lowest BCUT2D eigenvalue weighted by molar-refractivity contribution is 0.600. The number of hydrogen-bond donors (Lipinski definition) is 0. The van der Waals surface area contributed by atoms with Gasteiger partial charge in [0.05, 0.1) is 0 Å². The van der Waals surface area contributed by atoms with E-state index in [0.717, 1.165) is 0 Å². The second-order valence-corrected chi connectivity index (χ2v) is 3.29. The summed E-state index contributed by atoms with van der Waals surface area (Å²) in [4.78, 5) is 0. The second-order valence-electron chi connectivity index (χ2n) is 2.64. The first-order valence-corrected chi connectivity index (χ1v) is 4.04. The smallest absolute Gasteiger partial charge is 0.0370 e. The Morgan fingerprint density at radius 3 is 2.33 bits per heavy atom. The monoisotopic (exact) mass is 144 g/mol. The Hall–Kier alpha value is 0.290. The Kier molecular flexibility index (Phi) is 2.84. The van der Waals surface area contributed by atoms with E-state index in [9.17, 15) is 0 Å². The summed E-state index contributed by atoms with van der Waals surface area (Å²) in [5.74, 6) is 1.54. The summed E-state index contributed by atoms with van der Waals surface area (Å²) in [7, 11) is 0. The van der Waals surface area contributed by atoms with Crippen molar-refractivity contribution in [3.63, 3.8) is 0 Å². The van der Waals surface area contributed by atoms with Crippen LogP contribution in [0, 0.1) is 12.3 Å². The van der Waals surface area contributed by atoms with Crippen LogP contribution in [0.4, 0.5) is 0 Å². The van der Waals surface area contributed by atoms with Gasteiger partial charge in [0, 0.05) is 5.38 Å². The average molecular weight is 145 g/mol. The van der Waals surface area contributed by atoms with Crippen molar-refractivity contribution in [1.29, 1.82) is 0 Å². The van der Waals surface area contributed by atoms with E-state index < -0.39 is 0 Å². The summed E-state index contributed by atoms with van der Waals surface area (Å²) in [6.07, 6.45) is 7.29. The Balaban J connectivity index is 2.23. The minimum Gasteiger partial charge on any atom is -0.123 e. The summed E-state index contributed by atoms with van der Waals surface area (Å²) < 4.78 is 0. The van der Waals surface area contributed by atoms with Gasteiger partial charge in [-0.25, -0.2) is 0 Å². The van der Waals surface area contributed by atoms with Crippen LogP contribution in [0.3, 0.4) is 0 Å². The molecule has 0 heterocycles. The molecule has 0 spiro atoms. The van der Waals surface area contributed by atoms with E-state index in [-0.39, 0.29) is 0 Å². The molecule has 0 amide bonds. The van der Waals surface area contributed by atoms with Gasteiger partial charge in [-0.1, -0.05) is 0 Å². The molecule has 1 heteroatoms. The molecule has 1 saturated carbocycles. The summed E-state index contributed by atoms with van der Waals surface area (Å²) >= 11 is 5.91. The molecule has 1 aliphatic carbocycles. The van der Waals surface area contributed by atoms with Gasteiger partial charge in [-0.05, 0) is 44.9 Å². The maximum Gasteiger partial charge on any atom is 0.0370 e. The molecule has 1 aliphatic rings. The molecular formula is C8H13Cl. The molecule has 0 aliphatic heterocycles. The van der Waals surface area contributed by atoms with Crippen LogP contribution < -0.4 is 0 Å². The van der Waals surface area contributed by atoms with Gasteiger partial charge in [0.1, 0.15) is 0 Å². The molecule has 0 nitrogen and oxygen atoms in total. The van der Waals surface area contributed by atoms with E-state index in [1.807, 2.05) is 0 Å². The fraction of sp³-hybridized carbons (Fsp3) is 0.750. The normalized spacial score (nSPS) is 26.0. The Bertz CT molecular complexity index is 72.6. The molecule has 1 fully saturated rings. The molecule has 0 saturated heterocycles. The molecule has 0 N–H and O–H groups in total. The zero-order chi connectivity index (χ0) is 6.69. The molecule has 9 heavy (non-hydrogen) atoms. The lowest BCUT2D eigenvalue weighted by Crippen LogP contribution is -2.12. The van der Waals surface area contributed by atoms with Crippen LogP contribution in [0.15, 0.2) is 0 Å². The minimum absolute atomic E-state index is 0.304. The molecule has 52 valence electrons. The maximum atomic E-state index is 5.91. The zero-order valence-electron chi connectivity index (χ0n) is 5.86. The highest BCUT2D eigenvalue weighted by Crippen LogP contribution is 2.29. The van der Waals surface area contributed by atoms with E-state index in [1.54, 1.807) is 5.92 Å². The lowest BCUT2D eigenvalue weighted by Gasteiger charge is -2.22. The van der Waals surface area contributed by atoms with Crippen LogP contribution in [0.5, 0.6) is 0 Å². The molecular weight excluding hydrogens is 132 g/mol.